The number of pyridine rings is 1. The molecule has 1 atom stereocenters. The molecule has 1 aliphatic heterocycles. The zero-order chi connectivity index (χ0) is 15.4. The van der Waals surface area contributed by atoms with Crippen molar-refractivity contribution in [2.45, 2.75) is 32.1 Å². The van der Waals surface area contributed by atoms with Crippen molar-refractivity contribution >= 4 is 5.91 Å². The second-order valence-corrected chi connectivity index (χ2v) is 6.05. The quantitative estimate of drug-likeness (QED) is 0.870. The first-order chi connectivity index (χ1) is 10.7. The monoisotopic (exact) mass is 294 g/mol. The van der Waals surface area contributed by atoms with Crippen LogP contribution in [0.4, 0.5) is 0 Å². The molecule has 2 aromatic rings. The predicted octanol–water partition coefficient (Wildman–Crippen LogP) is 3.34. The molecule has 0 N–H and O–H groups in total. The molecule has 3 nitrogen and oxygen atoms in total. The van der Waals surface area contributed by atoms with E-state index in [-0.39, 0.29) is 5.91 Å². The van der Waals surface area contributed by atoms with Gasteiger partial charge in [0.1, 0.15) is 0 Å². The molecule has 1 amide bonds. The number of amides is 1. The molecule has 114 valence electrons. The van der Waals surface area contributed by atoms with Crippen molar-refractivity contribution in [1.29, 1.82) is 0 Å². The van der Waals surface area contributed by atoms with E-state index in [1.54, 1.807) is 0 Å². The van der Waals surface area contributed by atoms with Gasteiger partial charge in [-0.2, -0.15) is 0 Å². The number of carbonyl (C=O) groups is 1. The normalized spacial score (nSPS) is 18.2. The van der Waals surface area contributed by atoms with Crippen molar-refractivity contribution < 1.29 is 4.79 Å². The van der Waals surface area contributed by atoms with Gasteiger partial charge in [0, 0.05) is 30.4 Å². The van der Waals surface area contributed by atoms with E-state index in [2.05, 4.69) is 17.1 Å². The highest BCUT2D eigenvalue weighted by atomic mass is 16.2. The first kappa shape index (κ1) is 14.8. The Morgan fingerprint density at radius 2 is 2.00 bits per heavy atom. The molecule has 1 fully saturated rings. The summed E-state index contributed by atoms with van der Waals surface area (Å²) in [5.41, 5.74) is 3.26. The third kappa shape index (κ3) is 3.53. The zero-order valence-corrected chi connectivity index (χ0v) is 13.0. The summed E-state index contributed by atoms with van der Waals surface area (Å²) in [4.78, 5) is 19.2. The third-order valence-corrected chi connectivity index (χ3v) is 4.30. The van der Waals surface area contributed by atoms with Gasteiger partial charge in [0.2, 0.25) is 5.91 Å². The lowest BCUT2D eigenvalue weighted by Crippen LogP contribution is -2.40. The van der Waals surface area contributed by atoms with Crippen molar-refractivity contribution in [2.75, 3.05) is 13.1 Å². The van der Waals surface area contributed by atoms with Gasteiger partial charge < -0.3 is 4.90 Å². The fraction of sp³-hybridized carbons (Fsp3) is 0.368. The first-order valence-electron chi connectivity index (χ1n) is 7.97. The van der Waals surface area contributed by atoms with Crippen LogP contribution in [0, 0.1) is 6.92 Å². The van der Waals surface area contributed by atoms with Crippen molar-refractivity contribution in [3.8, 4) is 0 Å². The van der Waals surface area contributed by atoms with E-state index >= 15 is 0 Å². The summed E-state index contributed by atoms with van der Waals surface area (Å²) in [5.74, 6) is 0.594. The number of rotatable bonds is 3. The van der Waals surface area contributed by atoms with E-state index in [0.29, 0.717) is 12.3 Å². The summed E-state index contributed by atoms with van der Waals surface area (Å²) in [6.07, 6.45) is 2.67. The minimum absolute atomic E-state index is 0.226. The van der Waals surface area contributed by atoms with E-state index in [4.69, 9.17) is 0 Å². The smallest absolute Gasteiger partial charge is 0.227 e. The van der Waals surface area contributed by atoms with Crippen LogP contribution in [0.25, 0.3) is 0 Å². The van der Waals surface area contributed by atoms with Crippen LogP contribution in [0.15, 0.2) is 48.5 Å². The van der Waals surface area contributed by atoms with Crippen LogP contribution in [0.1, 0.15) is 35.7 Å². The van der Waals surface area contributed by atoms with Crippen molar-refractivity contribution in [3.63, 3.8) is 0 Å². The van der Waals surface area contributed by atoms with Gasteiger partial charge in [-0.05, 0) is 37.5 Å². The van der Waals surface area contributed by atoms with Crippen LogP contribution < -0.4 is 0 Å². The molecular weight excluding hydrogens is 272 g/mol. The number of benzene rings is 1. The van der Waals surface area contributed by atoms with Crippen LogP contribution in [-0.4, -0.2) is 28.9 Å². The van der Waals surface area contributed by atoms with Gasteiger partial charge in [0.25, 0.3) is 0 Å². The number of piperidine rings is 1. The van der Waals surface area contributed by atoms with E-state index < -0.39 is 0 Å². The molecule has 3 heteroatoms. The molecule has 0 saturated carbocycles. The molecule has 1 unspecified atom stereocenters. The Morgan fingerprint density at radius 1 is 1.18 bits per heavy atom. The van der Waals surface area contributed by atoms with Crippen LogP contribution in [-0.2, 0) is 11.2 Å². The highest BCUT2D eigenvalue weighted by Crippen LogP contribution is 2.26. The van der Waals surface area contributed by atoms with Crippen molar-refractivity contribution in [2.24, 2.45) is 0 Å². The minimum atomic E-state index is 0.226. The molecule has 1 aromatic heterocycles. The Balaban J connectivity index is 1.66. The van der Waals surface area contributed by atoms with Gasteiger partial charge in [0.05, 0.1) is 6.42 Å². The summed E-state index contributed by atoms with van der Waals surface area (Å²) in [7, 11) is 0. The summed E-state index contributed by atoms with van der Waals surface area (Å²) in [5, 5.41) is 0. The number of nitrogens with zero attached hydrogens (tertiary/aromatic N) is 2. The Kier molecular flexibility index (Phi) is 4.52. The van der Waals surface area contributed by atoms with Crippen LogP contribution in [0.3, 0.4) is 0 Å². The van der Waals surface area contributed by atoms with Gasteiger partial charge in [-0.3, -0.25) is 9.78 Å². The second-order valence-electron chi connectivity index (χ2n) is 6.05. The van der Waals surface area contributed by atoms with E-state index in [9.17, 15) is 4.79 Å². The molecule has 0 spiro atoms. The summed E-state index contributed by atoms with van der Waals surface area (Å²) in [6.45, 7) is 3.68. The van der Waals surface area contributed by atoms with Gasteiger partial charge >= 0.3 is 0 Å². The molecule has 2 heterocycles. The number of likely N-dealkylation sites (tertiary alicyclic amines) is 1. The maximum absolute atomic E-state index is 12.5. The molecule has 22 heavy (non-hydrogen) atoms. The summed E-state index contributed by atoms with van der Waals surface area (Å²) in [6, 6.07) is 16.1. The molecule has 1 saturated heterocycles. The lowest BCUT2D eigenvalue weighted by molar-refractivity contribution is -0.131. The van der Waals surface area contributed by atoms with Gasteiger partial charge in [-0.25, -0.2) is 0 Å². The lowest BCUT2D eigenvalue weighted by Gasteiger charge is -2.32. The highest BCUT2D eigenvalue weighted by molar-refractivity contribution is 5.79. The van der Waals surface area contributed by atoms with Crippen LogP contribution in [0.5, 0.6) is 0 Å². The largest absolute Gasteiger partial charge is 0.342 e. The van der Waals surface area contributed by atoms with Crippen molar-refractivity contribution in [1.82, 2.24) is 9.88 Å². The average molecular weight is 294 g/mol. The van der Waals surface area contributed by atoms with Crippen LogP contribution >= 0.6 is 0 Å². The Morgan fingerprint density at radius 3 is 2.77 bits per heavy atom. The number of hydrogen-bond acceptors (Lipinski definition) is 2. The molecule has 0 bridgehead atoms. The zero-order valence-electron chi connectivity index (χ0n) is 13.0. The molecular formula is C19H22N2O. The molecule has 1 aromatic carbocycles. The standard InChI is InChI=1S/C19H22N2O/c1-15-7-5-11-18(20-15)17-10-6-12-21(14-17)19(22)13-16-8-3-2-4-9-16/h2-5,7-9,11,17H,6,10,12-14H2,1H3. The maximum atomic E-state index is 12.5. The second kappa shape index (κ2) is 6.73. The Hall–Kier alpha value is -2.16. The third-order valence-electron chi connectivity index (χ3n) is 4.30. The topological polar surface area (TPSA) is 33.2 Å². The fourth-order valence-electron chi connectivity index (χ4n) is 3.12. The van der Waals surface area contributed by atoms with Gasteiger partial charge in [-0.15, -0.1) is 0 Å². The molecule has 3 rings (SSSR count). The molecule has 1 aliphatic rings. The predicted molar refractivity (Wildman–Crippen MR) is 87.7 cm³/mol. The van der Waals surface area contributed by atoms with E-state index in [1.165, 1.54) is 0 Å². The first-order valence-corrected chi connectivity index (χ1v) is 7.97. The SMILES string of the molecule is Cc1cccc(C2CCCN(C(=O)Cc3ccccc3)C2)n1. The minimum Gasteiger partial charge on any atom is -0.342 e. The van der Waals surface area contributed by atoms with E-state index in [0.717, 1.165) is 42.9 Å². The highest BCUT2D eigenvalue weighted by Gasteiger charge is 2.25. The van der Waals surface area contributed by atoms with Gasteiger partial charge in [-0.1, -0.05) is 36.4 Å². The molecule has 0 aliphatic carbocycles. The number of aromatic nitrogens is 1. The lowest BCUT2D eigenvalue weighted by atomic mass is 9.93. The number of carbonyl (C=O) groups excluding carboxylic acids is 1. The fourth-order valence-corrected chi connectivity index (χ4v) is 3.12. The van der Waals surface area contributed by atoms with Crippen molar-refractivity contribution in [3.05, 3.63) is 65.5 Å². The molecule has 0 radical (unpaired) electrons. The number of aryl methyl sites for hydroxylation is 1. The average Bonchev–Trinajstić information content (AvgIpc) is 2.56. The summed E-state index contributed by atoms with van der Waals surface area (Å²) >= 11 is 0. The Bertz CT molecular complexity index is 639. The maximum Gasteiger partial charge on any atom is 0.227 e. The van der Waals surface area contributed by atoms with Gasteiger partial charge in [0.15, 0.2) is 0 Å². The van der Waals surface area contributed by atoms with E-state index in [1.807, 2.05) is 48.2 Å². The van der Waals surface area contributed by atoms with Crippen LogP contribution in [0.2, 0.25) is 0 Å². The number of hydrogen-bond donors (Lipinski definition) is 0. The summed E-state index contributed by atoms with van der Waals surface area (Å²) < 4.78 is 0. The Labute approximate surface area is 132 Å².